The molecule has 0 radical (unpaired) electrons. The first kappa shape index (κ1) is 16.1. The number of piperidine rings is 1. The van der Waals surface area contributed by atoms with Gasteiger partial charge in [-0.2, -0.15) is 0 Å². The van der Waals surface area contributed by atoms with Gasteiger partial charge in [0.2, 0.25) is 0 Å². The third-order valence-electron chi connectivity index (χ3n) is 4.25. The highest BCUT2D eigenvalue weighted by Gasteiger charge is 2.22. The first-order chi connectivity index (χ1) is 10.2. The van der Waals surface area contributed by atoms with Gasteiger partial charge in [-0.3, -0.25) is 4.90 Å². The van der Waals surface area contributed by atoms with E-state index in [1.165, 1.54) is 24.8 Å². The first-order valence-electron chi connectivity index (χ1n) is 8.16. The molecule has 1 atom stereocenters. The van der Waals surface area contributed by atoms with Crippen molar-refractivity contribution in [2.75, 3.05) is 19.6 Å². The summed E-state index contributed by atoms with van der Waals surface area (Å²) in [6.45, 7) is 7.62. The SMILES string of the molecule is C#CCN1CCC(NC(CC(C)C)c2ccccc2)CC1. The van der Waals surface area contributed by atoms with Gasteiger partial charge in [0.15, 0.2) is 0 Å². The third kappa shape index (κ3) is 5.19. The molecule has 1 fully saturated rings. The molecule has 2 rings (SSSR count). The quantitative estimate of drug-likeness (QED) is 0.805. The number of nitrogens with one attached hydrogen (secondary N) is 1. The smallest absolute Gasteiger partial charge is 0.0598 e. The predicted molar refractivity (Wildman–Crippen MR) is 90.1 cm³/mol. The van der Waals surface area contributed by atoms with E-state index >= 15 is 0 Å². The van der Waals surface area contributed by atoms with Gasteiger partial charge in [-0.1, -0.05) is 50.1 Å². The lowest BCUT2D eigenvalue weighted by molar-refractivity contribution is 0.205. The molecule has 1 unspecified atom stereocenters. The fraction of sp³-hybridized carbons (Fsp3) is 0.579. The number of benzene rings is 1. The van der Waals surface area contributed by atoms with E-state index in [2.05, 4.69) is 60.3 Å². The highest BCUT2D eigenvalue weighted by atomic mass is 15.1. The van der Waals surface area contributed by atoms with Gasteiger partial charge in [0.25, 0.3) is 0 Å². The van der Waals surface area contributed by atoms with Gasteiger partial charge < -0.3 is 5.32 Å². The highest BCUT2D eigenvalue weighted by Crippen LogP contribution is 2.23. The summed E-state index contributed by atoms with van der Waals surface area (Å²) in [5, 5.41) is 3.89. The van der Waals surface area contributed by atoms with E-state index in [9.17, 15) is 0 Å². The molecule has 0 amide bonds. The Balaban J connectivity index is 1.92. The Hall–Kier alpha value is -1.30. The number of hydrogen-bond donors (Lipinski definition) is 1. The Labute approximate surface area is 129 Å². The van der Waals surface area contributed by atoms with Gasteiger partial charge >= 0.3 is 0 Å². The minimum absolute atomic E-state index is 0.468. The summed E-state index contributed by atoms with van der Waals surface area (Å²) in [4.78, 5) is 2.37. The second-order valence-electron chi connectivity index (χ2n) is 6.51. The fourth-order valence-electron chi connectivity index (χ4n) is 3.13. The molecular formula is C19H28N2. The van der Waals surface area contributed by atoms with Gasteiger partial charge in [-0.25, -0.2) is 0 Å². The van der Waals surface area contributed by atoms with E-state index in [0.29, 0.717) is 18.0 Å². The summed E-state index contributed by atoms with van der Waals surface area (Å²) >= 11 is 0. The van der Waals surface area contributed by atoms with Crippen molar-refractivity contribution < 1.29 is 0 Å². The van der Waals surface area contributed by atoms with Crippen LogP contribution in [0, 0.1) is 18.3 Å². The number of terminal acetylenes is 1. The Morgan fingerprint density at radius 2 is 1.90 bits per heavy atom. The molecule has 1 aliphatic rings. The summed E-state index contributed by atoms with van der Waals surface area (Å²) in [7, 11) is 0. The lowest BCUT2D eigenvalue weighted by Crippen LogP contribution is -2.44. The maximum atomic E-state index is 5.40. The summed E-state index contributed by atoms with van der Waals surface area (Å²) in [6, 6.07) is 11.9. The topological polar surface area (TPSA) is 15.3 Å². The van der Waals surface area contributed by atoms with Crippen LogP contribution in [0.2, 0.25) is 0 Å². The number of hydrogen-bond acceptors (Lipinski definition) is 2. The summed E-state index contributed by atoms with van der Waals surface area (Å²) in [5.74, 6) is 3.45. The zero-order valence-electron chi connectivity index (χ0n) is 13.4. The van der Waals surface area contributed by atoms with Crippen molar-refractivity contribution in [2.45, 2.75) is 45.2 Å². The monoisotopic (exact) mass is 284 g/mol. The van der Waals surface area contributed by atoms with Crippen molar-refractivity contribution >= 4 is 0 Å². The van der Waals surface area contributed by atoms with Crippen LogP contribution in [0.5, 0.6) is 0 Å². The van der Waals surface area contributed by atoms with Gasteiger partial charge in [0.05, 0.1) is 6.54 Å². The minimum Gasteiger partial charge on any atom is -0.307 e. The van der Waals surface area contributed by atoms with Crippen LogP contribution in [0.3, 0.4) is 0 Å². The summed E-state index contributed by atoms with van der Waals surface area (Å²) < 4.78 is 0. The normalized spacial score (nSPS) is 18.6. The molecule has 21 heavy (non-hydrogen) atoms. The molecule has 1 aliphatic heterocycles. The standard InChI is InChI=1S/C19H28N2/c1-4-12-21-13-10-18(11-14-21)20-19(15-16(2)3)17-8-6-5-7-9-17/h1,5-9,16,18-20H,10-15H2,2-3H3. The van der Waals surface area contributed by atoms with E-state index in [0.717, 1.165) is 19.6 Å². The zero-order chi connectivity index (χ0) is 15.1. The Morgan fingerprint density at radius 1 is 1.24 bits per heavy atom. The number of nitrogens with zero attached hydrogens (tertiary/aromatic N) is 1. The van der Waals surface area contributed by atoms with Crippen LogP contribution in [0.1, 0.15) is 44.7 Å². The largest absolute Gasteiger partial charge is 0.307 e. The first-order valence-corrected chi connectivity index (χ1v) is 8.16. The summed E-state index contributed by atoms with van der Waals surface area (Å²) in [6.07, 6.45) is 8.98. The van der Waals surface area contributed by atoms with Crippen molar-refractivity contribution in [3.8, 4) is 12.3 Å². The molecular weight excluding hydrogens is 256 g/mol. The molecule has 1 saturated heterocycles. The van der Waals surface area contributed by atoms with Crippen LogP contribution in [0.25, 0.3) is 0 Å². The molecule has 1 heterocycles. The molecule has 0 saturated carbocycles. The maximum absolute atomic E-state index is 5.40. The third-order valence-corrected chi connectivity index (χ3v) is 4.25. The van der Waals surface area contributed by atoms with Crippen LogP contribution >= 0.6 is 0 Å². The molecule has 0 aromatic heterocycles. The van der Waals surface area contributed by atoms with Gasteiger partial charge in [-0.15, -0.1) is 6.42 Å². The highest BCUT2D eigenvalue weighted by molar-refractivity contribution is 5.19. The molecule has 1 aromatic carbocycles. The molecule has 1 aromatic rings. The molecule has 0 bridgehead atoms. The molecule has 0 spiro atoms. The number of likely N-dealkylation sites (tertiary alicyclic amines) is 1. The van der Waals surface area contributed by atoms with E-state index in [1.54, 1.807) is 0 Å². The minimum atomic E-state index is 0.468. The lowest BCUT2D eigenvalue weighted by Gasteiger charge is -2.34. The van der Waals surface area contributed by atoms with Crippen LogP contribution in [0.15, 0.2) is 30.3 Å². The van der Waals surface area contributed by atoms with Crippen LogP contribution in [-0.2, 0) is 0 Å². The van der Waals surface area contributed by atoms with Crippen molar-refractivity contribution in [3.05, 3.63) is 35.9 Å². The Morgan fingerprint density at radius 3 is 2.48 bits per heavy atom. The van der Waals surface area contributed by atoms with Gasteiger partial charge in [-0.05, 0) is 30.7 Å². The summed E-state index contributed by atoms with van der Waals surface area (Å²) in [5.41, 5.74) is 1.41. The average molecular weight is 284 g/mol. The van der Waals surface area contributed by atoms with Crippen molar-refractivity contribution in [2.24, 2.45) is 5.92 Å². The van der Waals surface area contributed by atoms with E-state index in [1.807, 2.05) is 0 Å². The van der Waals surface area contributed by atoms with Crippen LogP contribution < -0.4 is 5.32 Å². The lowest BCUT2D eigenvalue weighted by atomic mass is 9.94. The molecule has 2 nitrogen and oxygen atoms in total. The average Bonchev–Trinajstić information content (AvgIpc) is 2.49. The van der Waals surface area contributed by atoms with E-state index < -0.39 is 0 Å². The molecule has 2 heteroatoms. The molecule has 114 valence electrons. The second-order valence-corrected chi connectivity index (χ2v) is 6.51. The Bertz CT molecular complexity index is 438. The van der Waals surface area contributed by atoms with Gasteiger partial charge in [0, 0.05) is 25.2 Å². The zero-order valence-corrected chi connectivity index (χ0v) is 13.4. The predicted octanol–water partition coefficient (Wildman–Crippen LogP) is 3.46. The van der Waals surface area contributed by atoms with Crippen LogP contribution in [-0.4, -0.2) is 30.6 Å². The van der Waals surface area contributed by atoms with Crippen molar-refractivity contribution in [3.63, 3.8) is 0 Å². The van der Waals surface area contributed by atoms with E-state index in [4.69, 9.17) is 6.42 Å². The van der Waals surface area contributed by atoms with Crippen molar-refractivity contribution in [1.82, 2.24) is 10.2 Å². The van der Waals surface area contributed by atoms with Crippen LogP contribution in [0.4, 0.5) is 0 Å². The Kier molecular flexibility index (Phi) is 6.29. The second kappa shape index (κ2) is 8.22. The maximum Gasteiger partial charge on any atom is 0.0598 e. The van der Waals surface area contributed by atoms with Crippen molar-refractivity contribution in [1.29, 1.82) is 0 Å². The van der Waals surface area contributed by atoms with Gasteiger partial charge in [0.1, 0.15) is 0 Å². The molecule has 0 aliphatic carbocycles. The fourth-order valence-corrected chi connectivity index (χ4v) is 3.13. The molecule has 1 N–H and O–H groups in total. The number of rotatable bonds is 6. The van der Waals surface area contributed by atoms with E-state index in [-0.39, 0.29) is 0 Å².